The van der Waals surface area contributed by atoms with Crippen molar-refractivity contribution in [2.45, 2.75) is 12.7 Å². The molecule has 0 radical (unpaired) electrons. The zero-order chi connectivity index (χ0) is 15.5. The minimum atomic E-state index is -4.98. The van der Waals surface area contributed by atoms with Crippen LogP contribution in [0.1, 0.15) is 0 Å². The number of carbonyl (C=O) groups excluding carboxylic acids is 1. The van der Waals surface area contributed by atoms with Crippen molar-refractivity contribution in [3.05, 3.63) is 52.8 Å². The zero-order valence-corrected chi connectivity index (χ0v) is 11.4. The first-order chi connectivity index (χ1) is 9.86. The van der Waals surface area contributed by atoms with Crippen molar-refractivity contribution in [1.29, 1.82) is 0 Å². The lowest BCUT2D eigenvalue weighted by molar-refractivity contribution is -0.169. The second kappa shape index (κ2) is 6.17. The SMILES string of the molecule is O=C(N=c1ccccn1CC1=CC=C(Cl)NC1)C(F)(F)F. The molecule has 1 aliphatic heterocycles. The van der Waals surface area contributed by atoms with Gasteiger partial charge in [-0.2, -0.15) is 18.2 Å². The highest BCUT2D eigenvalue weighted by Crippen LogP contribution is 2.15. The van der Waals surface area contributed by atoms with E-state index in [2.05, 4.69) is 10.3 Å². The van der Waals surface area contributed by atoms with Gasteiger partial charge in [-0.25, -0.2) is 0 Å². The average Bonchev–Trinajstić information content (AvgIpc) is 2.42. The van der Waals surface area contributed by atoms with E-state index in [-0.39, 0.29) is 5.49 Å². The molecule has 0 spiro atoms. The van der Waals surface area contributed by atoms with Crippen LogP contribution in [-0.2, 0) is 11.3 Å². The molecular formula is C13H11ClF3N3O. The number of halogens is 4. The summed E-state index contributed by atoms with van der Waals surface area (Å²) in [6.45, 7) is 0.780. The van der Waals surface area contributed by atoms with Gasteiger partial charge in [-0.3, -0.25) is 4.79 Å². The largest absolute Gasteiger partial charge is 0.473 e. The molecule has 0 aliphatic carbocycles. The first-order valence-corrected chi connectivity index (χ1v) is 6.34. The molecule has 1 N–H and O–H groups in total. The molecular weight excluding hydrogens is 307 g/mol. The van der Waals surface area contributed by atoms with Crippen molar-refractivity contribution in [3.63, 3.8) is 0 Å². The summed E-state index contributed by atoms with van der Waals surface area (Å²) in [5, 5.41) is 3.40. The third kappa shape index (κ3) is 4.22. The van der Waals surface area contributed by atoms with E-state index >= 15 is 0 Å². The molecule has 1 amide bonds. The van der Waals surface area contributed by atoms with E-state index in [1.807, 2.05) is 0 Å². The standard InChI is InChI=1S/C13H11ClF3N3O/c14-10-5-4-9(7-18-10)8-20-6-2-1-3-11(20)19-12(21)13(15,16)17/h1-6,18H,7-8H2. The third-order valence-corrected chi connectivity index (χ3v) is 2.96. The van der Waals surface area contributed by atoms with Crippen LogP contribution in [0.15, 0.2) is 52.3 Å². The molecule has 0 saturated carbocycles. The van der Waals surface area contributed by atoms with Gasteiger partial charge >= 0.3 is 12.1 Å². The van der Waals surface area contributed by atoms with Crippen LogP contribution in [-0.4, -0.2) is 23.2 Å². The maximum absolute atomic E-state index is 12.3. The molecule has 0 aromatic carbocycles. The molecule has 0 bridgehead atoms. The molecule has 0 fully saturated rings. The van der Waals surface area contributed by atoms with Gasteiger partial charge in [0.1, 0.15) is 10.6 Å². The van der Waals surface area contributed by atoms with Crippen LogP contribution < -0.4 is 10.8 Å². The molecule has 1 aromatic heterocycles. The van der Waals surface area contributed by atoms with Crippen LogP contribution in [0.2, 0.25) is 0 Å². The van der Waals surface area contributed by atoms with Gasteiger partial charge in [-0.1, -0.05) is 23.7 Å². The predicted octanol–water partition coefficient (Wildman–Crippen LogP) is 2.09. The summed E-state index contributed by atoms with van der Waals surface area (Å²) in [5.74, 6) is -2.12. The summed E-state index contributed by atoms with van der Waals surface area (Å²) in [7, 11) is 0. The molecule has 1 aliphatic rings. The van der Waals surface area contributed by atoms with Crippen molar-refractivity contribution >= 4 is 17.5 Å². The molecule has 21 heavy (non-hydrogen) atoms. The highest BCUT2D eigenvalue weighted by atomic mass is 35.5. The van der Waals surface area contributed by atoms with Crippen LogP contribution in [0.3, 0.4) is 0 Å². The van der Waals surface area contributed by atoms with Crippen LogP contribution in [0.5, 0.6) is 0 Å². The van der Waals surface area contributed by atoms with Crippen molar-refractivity contribution in [2.24, 2.45) is 4.99 Å². The smallest absolute Gasteiger partial charge is 0.372 e. The van der Waals surface area contributed by atoms with Crippen molar-refractivity contribution < 1.29 is 18.0 Å². The topological polar surface area (TPSA) is 46.4 Å². The van der Waals surface area contributed by atoms with Gasteiger partial charge in [0.2, 0.25) is 0 Å². The summed E-state index contributed by atoms with van der Waals surface area (Å²) in [6, 6.07) is 4.52. The maximum Gasteiger partial charge on any atom is 0.473 e. The number of carbonyl (C=O) groups is 1. The molecule has 1 aromatic rings. The Hall–Kier alpha value is -2.02. The van der Waals surface area contributed by atoms with E-state index in [0.717, 1.165) is 5.57 Å². The summed E-state index contributed by atoms with van der Waals surface area (Å²) < 4.78 is 38.3. The minimum absolute atomic E-state index is 0.0543. The third-order valence-electron chi connectivity index (χ3n) is 2.70. The maximum atomic E-state index is 12.3. The first-order valence-electron chi connectivity index (χ1n) is 5.97. The van der Waals surface area contributed by atoms with Gasteiger partial charge in [-0.05, 0) is 23.8 Å². The summed E-state index contributed by atoms with van der Waals surface area (Å²) in [5.41, 5.74) is 0.841. The lowest BCUT2D eigenvalue weighted by atomic mass is 10.2. The Bertz CT molecular complexity index is 674. The summed E-state index contributed by atoms with van der Waals surface area (Å²) >= 11 is 5.75. The van der Waals surface area contributed by atoms with Gasteiger partial charge in [0.25, 0.3) is 0 Å². The fraction of sp³-hybridized carbons (Fsp3) is 0.231. The monoisotopic (exact) mass is 317 g/mol. The lowest BCUT2D eigenvalue weighted by Crippen LogP contribution is -2.29. The average molecular weight is 318 g/mol. The number of rotatable bonds is 2. The van der Waals surface area contributed by atoms with E-state index in [4.69, 9.17) is 11.6 Å². The number of aromatic nitrogens is 1. The quantitative estimate of drug-likeness (QED) is 0.849. The lowest BCUT2D eigenvalue weighted by Gasteiger charge is -2.15. The van der Waals surface area contributed by atoms with E-state index < -0.39 is 12.1 Å². The van der Waals surface area contributed by atoms with Gasteiger partial charge in [0.05, 0.1) is 0 Å². The zero-order valence-electron chi connectivity index (χ0n) is 10.7. The Morgan fingerprint density at radius 1 is 1.38 bits per heavy atom. The number of nitrogens with zero attached hydrogens (tertiary/aromatic N) is 2. The van der Waals surface area contributed by atoms with Crippen LogP contribution >= 0.6 is 11.6 Å². The molecule has 0 saturated heterocycles. The molecule has 2 rings (SSSR count). The van der Waals surface area contributed by atoms with E-state index in [1.165, 1.54) is 16.7 Å². The highest BCUT2D eigenvalue weighted by Gasteiger charge is 2.38. The van der Waals surface area contributed by atoms with E-state index in [9.17, 15) is 18.0 Å². The van der Waals surface area contributed by atoms with Crippen LogP contribution in [0.4, 0.5) is 13.2 Å². The van der Waals surface area contributed by atoms with Crippen molar-refractivity contribution in [3.8, 4) is 0 Å². The van der Waals surface area contributed by atoms with Gasteiger partial charge in [0.15, 0.2) is 0 Å². The number of alkyl halides is 3. The molecule has 8 heteroatoms. The molecule has 0 atom stereocenters. The number of amides is 1. The number of nitrogens with one attached hydrogen (secondary N) is 1. The van der Waals surface area contributed by atoms with Crippen LogP contribution in [0, 0.1) is 0 Å². The van der Waals surface area contributed by atoms with Gasteiger partial charge < -0.3 is 9.88 Å². The second-order valence-corrected chi connectivity index (χ2v) is 4.70. The fourth-order valence-electron chi connectivity index (χ4n) is 1.70. The molecule has 0 unspecified atom stereocenters. The first kappa shape index (κ1) is 15.4. The molecule has 112 valence electrons. The van der Waals surface area contributed by atoms with Gasteiger partial charge in [0, 0.05) is 19.3 Å². The predicted molar refractivity (Wildman–Crippen MR) is 71.1 cm³/mol. The highest BCUT2D eigenvalue weighted by molar-refractivity contribution is 6.29. The Kier molecular flexibility index (Phi) is 4.52. The Morgan fingerprint density at radius 3 is 2.76 bits per heavy atom. The Balaban J connectivity index is 2.30. The number of pyridine rings is 1. The summed E-state index contributed by atoms with van der Waals surface area (Å²) in [4.78, 5) is 14.1. The number of hydrogen-bond donors (Lipinski definition) is 1. The number of allylic oxidation sites excluding steroid dienone is 2. The van der Waals surface area contributed by atoms with Crippen molar-refractivity contribution in [2.75, 3.05) is 6.54 Å². The Morgan fingerprint density at radius 2 is 2.14 bits per heavy atom. The number of hydrogen-bond acceptors (Lipinski definition) is 2. The Labute approximate surface area is 123 Å². The normalized spacial score (nSPS) is 16.1. The molecule has 4 nitrogen and oxygen atoms in total. The number of dihydropyridines is 1. The molecule has 2 heterocycles. The van der Waals surface area contributed by atoms with Gasteiger partial charge in [-0.15, -0.1) is 0 Å². The summed E-state index contributed by atoms with van der Waals surface area (Å²) in [6.07, 6.45) is 0.00855. The minimum Gasteiger partial charge on any atom is -0.372 e. The van der Waals surface area contributed by atoms with E-state index in [1.54, 1.807) is 24.4 Å². The van der Waals surface area contributed by atoms with E-state index in [0.29, 0.717) is 18.2 Å². The second-order valence-electron chi connectivity index (χ2n) is 4.29. The van der Waals surface area contributed by atoms with Crippen molar-refractivity contribution in [1.82, 2.24) is 9.88 Å². The van der Waals surface area contributed by atoms with Crippen LogP contribution in [0.25, 0.3) is 0 Å². The fourth-order valence-corrected chi connectivity index (χ4v) is 1.83.